The van der Waals surface area contributed by atoms with Gasteiger partial charge in [-0.3, -0.25) is 0 Å². The van der Waals surface area contributed by atoms with Crippen molar-refractivity contribution in [2.45, 2.75) is 115 Å². The summed E-state index contributed by atoms with van der Waals surface area (Å²) >= 11 is 0. The normalized spacial score (nSPS) is 24.3. The second kappa shape index (κ2) is 10.0. The summed E-state index contributed by atoms with van der Waals surface area (Å²) in [7, 11) is 3.34. The highest BCUT2D eigenvalue weighted by Crippen LogP contribution is 2.41. The van der Waals surface area contributed by atoms with Gasteiger partial charge < -0.3 is 19.1 Å². The first kappa shape index (κ1) is 28.6. The summed E-state index contributed by atoms with van der Waals surface area (Å²) in [5, 5.41) is 3.95. The summed E-state index contributed by atoms with van der Waals surface area (Å²) in [5.41, 5.74) is -0.520. The Balaban J connectivity index is 1.69. The van der Waals surface area contributed by atoms with Gasteiger partial charge in [0.25, 0.3) is 0 Å². The Morgan fingerprint density at radius 2 is 0.972 bits per heavy atom. The highest BCUT2D eigenvalue weighted by molar-refractivity contribution is 5.95. The summed E-state index contributed by atoms with van der Waals surface area (Å²) in [6, 6.07) is 6.59. The number of hydrogen-bond acceptors (Lipinski definition) is 8. The van der Waals surface area contributed by atoms with Crippen LogP contribution in [-0.4, -0.2) is 70.6 Å². The Morgan fingerprint density at radius 1 is 0.667 bits per heavy atom. The predicted octanol–water partition coefficient (Wildman–Crippen LogP) is 5.17. The average molecular weight is 505 g/mol. The molecule has 8 nitrogen and oxygen atoms in total. The van der Waals surface area contributed by atoms with Crippen LogP contribution in [0.4, 0.5) is 0 Å². The lowest BCUT2D eigenvalue weighted by Crippen LogP contribution is -2.61. The van der Waals surface area contributed by atoms with E-state index in [9.17, 15) is 9.59 Å². The third kappa shape index (κ3) is 5.93. The van der Waals surface area contributed by atoms with Crippen molar-refractivity contribution in [2.75, 3.05) is 14.2 Å². The first-order valence-electron chi connectivity index (χ1n) is 12.7. The Kier molecular flexibility index (Phi) is 7.97. The molecule has 0 spiro atoms. The van der Waals surface area contributed by atoms with Crippen molar-refractivity contribution in [2.24, 2.45) is 0 Å². The van der Waals surface area contributed by atoms with Crippen molar-refractivity contribution < 1.29 is 28.7 Å². The van der Waals surface area contributed by atoms with Crippen molar-refractivity contribution in [3.05, 3.63) is 35.4 Å². The SMILES string of the molecule is CON1C(C)(C)CC(OC(=O)c2cccc(C(=O)OC3CC(C)(C)N(OC)C(C)(C)C3)c2)CC1(C)C. The molecule has 0 unspecified atom stereocenters. The lowest BCUT2D eigenvalue weighted by Gasteiger charge is -2.52. The van der Waals surface area contributed by atoms with E-state index in [4.69, 9.17) is 19.1 Å². The van der Waals surface area contributed by atoms with E-state index >= 15 is 0 Å². The molecule has 1 aromatic rings. The maximum absolute atomic E-state index is 13.1. The fourth-order valence-corrected chi connectivity index (χ4v) is 6.71. The maximum atomic E-state index is 13.1. The van der Waals surface area contributed by atoms with Crippen LogP contribution in [0.3, 0.4) is 0 Å². The fraction of sp³-hybridized carbons (Fsp3) is 0.714. The molecule has 0 amide bonds. The van der Waals surface area contributed by atoms with Crippen LogP contribution in [0, 0.1) is 0 Å². The maximum Gasteiger partial charge on any atom is 0.338 e. The molecule has 2 aliphatic rings. The number of benzene rings is 1. The number of carbonyl (C=O) groups is 2. The van der Waals surface area contributed by atoms with Gasteiger partial charge in [-0.2, -0.15) is 10.1 Å². The van der Waals surface area contributed by atoms with Gasteiger partial charge in [-0.25, -0.2) is 9.59 Å². The van der Waals surface area contributed by atoms with E-state index in [1.54, 1.807) is 38.5 Å². The molecule has 202 valence electrons. The Bertz CT molecular complexity index is 861. The van der Waals surface area contributed by atoms with Crippen molar-refractivity contribution in [3.63, 3.8) is 0 Å². The zero-order chi connectivity index (χ0) is 27.1. The monoisotopic (exact) mass is 504 g/mol. The lowest BCUT2D eigenvalue weighted by atomic mass is 9.80. The lowest BCUT2D eigenvalue weighted by molar-refractivity contribution is -0.276. The molecule has 1 aromatic carbocycles. The Hall–Kier alpha value is -2.00. The van der Waals surface area contributed by atoms with E-state index < -0.39 is 11.9 Å². The van der Waals surface area contributed by atoms with E-state index in [1.165, 1.54) is 0 Å². The van der Waals surface area contributed by atoms with Crippen LogP contribution >= 0.6 is 0 Å². The molecular weight excluding hydrogens is 460 g/mol. The number of piperidine rings is 2. The molecule has 2 heterocycles. The molecule has 36 heavy (non-hydrogen) atoms. The molecule has 0 aliphatic carbocycles. The first-order chi connectivity index (χ1) is 16.5. The van der Waals surface area contributed by atoms with Gasteiger partial charge in [-0.05, 0) is 73.6 Å². The Morgan fingerprint density at radius 3 is 1.25 bits per heavy atom. The van der Waals surface area contributed by atoms with Crippen LogP contribution in [0.2, 0.25) is 0 Å². The summed E-state index contributed by atoms with van der Waals surface area (Å²) in [6.45, 7) is 16.6. The Labute approximate surface area is 216 Å². The summed E-state index contributed by atoms with van der Waals surface area (Å²) in [6.07, 6.45) is 2.04. The van der Waals surface area contributed by atoms with Crippen LogP contribution in [0.1, 0.15) is 102 Å². The summed E-state index contributed by atoms with van der Waals surface area (Å²) < 4.78 is 11.8. The number of hydrogen-bond donors (Lipinski definition) is 0. The van der Waals surface area contributed by atoms with Crippen LogP contribution in [0.25, 0.3) is 0 Å². The van der Waals surface area contributed by atoms with Gasteiger partial charge in [-0.1, -0.05) is 6.07 Å². The van der Waals surface area contributed by atoms with Crippen molar-refractivity contribution in [1.29, 1.82) is 0 Å². The molecule has 0 N–H and O–H groups in total. The van der Waals surface area contributed by atoms with Crippen molar-refractivity contribution in [1.82, 2.24) is 10.1 Å². The second-order valence-corrected chi connectivity index (χ2v) is 12.7. The smallest absolute Gasteiger partial charge is 0.338 e. The van der Waals surface area contributed by atoms with Gasteiger partial charge in [0.05, 0.1) is 25.3 Å². The van der Waals surface area contributed by atoms with Gasteiger partial charge in [0.15, 0.2) is 0 Å². The van der Waals surface area contributed by atoms with E-state index in [1.807, 2.05) is 10.1 Å². The van der Waals surface area contributed by atoms with E-state index in [-0.39, 0.29) is 34.4 Å². The molecule has 2 aliphatic heterocycles. The van der Waals surface area contributed by atoms with E-state index in [0.29, 0.717) is 36.8 Å². The largest absolute Gasteiger partial charge is 0.459 e. The highest BCUT2D eigenvalue weighted by Gasteiger charge is 2.48. The van der Waals surface area contributed by atoms with Crippen LogP contribution in [-0.2, 0) is 19.1 Å². The molecule has 0 bridgehead atoms. The number of ether oxygens (including phenoxy) is 2. The third-order valence-corrected chi connectivity index (χ3v) is 7.35. The highest BCUT2D eigenvalue weighted by atomic mass is 16.7. The van der Waals surface area contributed by atoms with Crippen molar-refractivity contribution in [3.8, 4) is 0 Å². The molecule has 2 saturated heterocycles. The topological polar surface area (TPSA) is 77.5 Å². The third-order valence-electron chi connectivity index (χ3n) is 7.35. The molecule has 3 rings (SSSR count). The quantitative estimate of drug-likeness (QED) is 0.491. The van der Waals surface area contributed by atoms with E-state index in [2.05, 4.69) is 55.4 Å². The number of rotatable bonds is 6. The molecule has 8 heteroatoms. The number of hydroxylamine groups is 4. The van der Waals surface area contributed by atoms with Gasteiger partial charge in [-0.15, -0.1) is 0 Å². The first-order valence-corrected chi connectivity index (χ1v) is 12.7. The van der Waals surface area contributed by atoms with Gasteiger partial charge in [0, 0.05) is 47.8 Å². The van der Waals surface area contributed by atoms with Crippen molar-refractivity contribution >= 4 is 11.9 Å². The van der Waals surface area contributed by atoms with Gasteiger partial charge >= 0.3 is 11.9 Å². The molecular formula is C28H44N2O6. The minimum atomic E-state index is -0.442. The van der Waals surface area contributed by atoms with Crippen LogP contribution in [0.15, 0.2) is 24.3 Å². The predicted molar refractivity (Wildman–Crippen MR) is 137 cm³/mol. The zero-order valence-electron chi connectivity index (χ0n) is 23.6. The fourth-order valence-electron chi connectivity index (χ4n) is 6.71. The second-order valence-electron chi connectivity index (χ2n) is 12.7. The van der Waals surface area contributed by atoms with E-state index in [0.717, 1.165) is 0 Å². The number of nitrogens with zero attached hydrogens (tertiary/aromatic N) is 2. The molecule has 0 atom stereocenters. The van der Waals surface area contributed by atoms with Gasteiger partial charge in [0.2, 0.25) is 0 Å². The molecule has 0 radical (unpaired) electrons. The van der Waals surface area contributed by atoms with Crippen LogP contribution in [0.5, 0.6) is 0 Å². The minimum Gasteiger partial charge on any atom is -0.459 e. The zero-order valence-corrected chi connectivity index (χ0v) is 23.6. The molecule has 0 saturated carbocycles. The number of esters is 2. The molecule has 2 fully saturated rings. The van der Waals surface area contributed by atoms with Crippen LogP contribution < -0.4 is 0 Å². The number of carbonyl (C=O) groups excluding carboxylic acids is 2. The summed E-state index contributed by atoms with van der Waals surface area (Å²) in [4.78, 5) is 37.4. The van der Waals surface area contributed by atoms with Gasteiger partial charge in [0.1, 0.15) is 12.2 Å². The standard InChI is InChI=1S/C28H44N2O6/c1-25(2)15-21(16-26(3,4)29(25)33-9)35-23(31)19-12-11-13-20(14-19)24(32)36-22-17-27(5,6)30(34-10)28(7,8)18-22/h11-14,21-22H,15-18H2,1-10H3. The molecule has 0 aromatic heterocycles. The average Bonchev–Trinajstić information content (AvgIpc) is 2.70. The summed E-state index contributed by atoms with van der Waals surface area (Å²) in [5.74, 6) is -0.884. The minimum absolute atomic E-state index is 0.264.